The molecule has 8 heteroatoms. The lowest BCUT2D eigenvalue weighted by molar-refractivity contribution is -0.126. The highest BCUT2D eigenvalue weighted by Gasteiger charge is 2.31. The average molecular weight is 388 g/mol. The van der Waals surface area contributed by atoms with Crippen LogP contribution < -0.4 is 10.9 Å². The summed E-state index contributed by atoms with van der Waals surface area (Å²) in [5.74, 6) is 0.170. The summed E-state index contributed by atoms with van der Waals surface area (Å²) in [6.45, 7) is 5.48. The minimum Gasteiger partial charge on any atom is -0.442 e. The van der Waals surface area contributed by atoms with Crippen LogP contribution >= 0.6 is 0 Å². The monoisotopic (exact) mass is 388 g/mol. The Morgan fingerprint density at radius 2 is 2.00 bits per heavy atom. The van der Waals surface area contributed by atoms with Crippen LogP contribution in [0.5, 0.6) is 0 Å². The number of carbonyl (C=O) groups excluding carboxylic acids is 2. The van der Waals surface area contributed by atoms with Crippen molar-refractivity contribution in [3.05, 3.63) is 28.0 Å². The second kappa shape index (κ2) is 8.58. The van der Waals surface area contributed by atoms with Crippen LogP contribution in [0.1, 0.15) is 55.1 Å². The molecule has 0 aliphatic carbocycles. The minimum absolute atomic E-state index is 0.0672. The zero-order valence-corrected chi connectivity index (χ0v) is 16.8. The number of nitrogens with zero attached hydrogens (tertiary/aromatic N) is 3. The first-order valence-corrected chi connectivity index (χ1v) is 9.95. The van der Waals surface area contributed by atoms with E-state index in [-0.39, 0.29) is 40.0 Å². The number of furan rings is 1. The lowest BCUT2D eigenvalue weighted by Gasteiger charge is -2.31. The van der Waals surface area contributed by atoms with Gasteiger partial charge in [0.05, 0.1) is 5.56 Å². The minimum atomic E-state index is -0.299. The van der Waals surface area contributed by atoms with E-state index in [0.717, 1.165) is 19.3 Å². The van der Waals surface area contributed by atoms with Gasteiger partial charge in [-0.15, -0.1) is 0 Å². The van der Waals surface area contributed by atoms with E-state index in [0.29, 0.717) is 38.2 Å². The van der Waals surface area contributed by atoms with Crippen molar-refractivity contribution < 1.29 is 14.0 Å². The highest BCUT2D eigenvalue weighted by atomic mass is 16.3. The predicted molar refractivity (Wildman–Crippen MR) is 105 cm³/mol. The fraction of sp³-hybridized carbons (Fsp3) is 0.600. The SMILES string of the molecule is CCCCCNC(=O)C1CCN(C(=O)c2c(C)oc3ncn(C)c(=O)c23)CC1. The Balaban J connectivity index is 1.67. The van der Waals surface area contributed by atoms with Gasteiger partial charge < -0.3 is 19.2 Å². The third-order valence-corrected chi connectivity index (χ3v) is 5.39. The van der Waals surface area contributed by atoms with Crippen molar-refractivity contribution in [1.29, 1.82) is 0 Å². The van der Waals surface area contributed by atoms with E-state index < -0.39 is 0 Å². The second-order valence-electron chi connectivity index (χ2n) is 7.44. The van der Waals surface area contributed by atoms with E-state index in [9.17, 15) is 14.4 Å². The lowest BCUT2D eigenvalue weighted by atomic mass is 9.95. The molecule has 3 heterocycles. The molecule has 0 bridgehead atoms. The zero-order chi connectivity index (χ0) is 20.3. The maximum atomic E-state index is 13.1. The number of amides is 2. The molecule has 2 aromatic heterocycles. The third kappa shape index (κ3) is 3.95. The summed E-state index contributed by atoms with van der Waals surface area (Å²) in [6, 6.07) is 0. The van der Waals surface area contributed by atoms with Gasteiger partial charge in [-0.25, -0.2) is 4.98 Å². The molecule has 152 valence electrons. The average Bonchev–Trinajstić information content (AvgIpc) is 3.04. The number of aryl methyl sites for hydroxylation is 2. The molecule has 1 aliphatic rings. The number of rotatable bonds is 6. The van der Waals surface area contributed by atoms with Crippen LogP contribution in [0.4, 0.5) is 0 Å². The van der Waals surface area contributed by atoms with Gasteiger partial charge in [0, 0.05) is 32.6 Å². The van der Waals surface area contributed by atoms with Crippen LogP contribution in [0.25, 0.3) is 11.1 Å². The first-order valence-electron chi connectivity index (χ1n) is 9.95. The molecule has 1 aliphatic heterocycles. The molecule has 0 radical (unpaired) electrons. The lowest BCUT2D eigenvalue weighted by Crippen LogP contribution is -2.43. The number of likely N-dealkylation sites (tertiary alicyclic amines) is 1. The van der Waals surface area contributed by atoms with Gasteiger partial charge in [-0.1, -0.05) is 19.8 Å². The molecule has 0 atom stereocenters. The number of unbranched alkanes of at least 4 members (excludes halogenated alkanes) is 2. The van der Waals surface area contributed by atoms with Gasteiger partial charge >= 0.3 is 0 Å². The fourth-order valence-corrected chi connectivity index (χ4v) is 3.68. The van der Waals surface area contributed by atoms with Crippen LogP contribution in [-0.4, -0.2) is 45.9 Å². The highest BCUT2D eigenvalue weighted by Crippen LogP contribution is 2.25. The number of fused-ring (bicyclic) bond motifs is 1. The number of hydrogen-bond donors (Lipinski definition) is 1. The number of aromatic nitrogens is 2. The summed E-state index contributed by atoms with van der Waals surface area (Å²) in [4.78, 5) is 43.6. The molecule has 8 nitrogen and oxygen atoms in total. The van der Waals surface area contributed by atoms with E-state index in [1.165, 1.54) is 10.9 Å². The van der Waals surface area contributed by atoms with E-state index >= 15 is 0 Å². The van der Waals surface area contributed by atoms with Crippen LogP contribution in [0.2, 0.25) is 0 Å². The molecular formula is C20H28N4O4. The van der Waals surface area contributed by atoms with E-state index in [2.05, 4.69) is 17.2 Å². The summed E-state index contributed by atoms with van der Waals surface area (Å²) in [5, 5.41) is 3.22. The molecule has 1 saturated heterocycles. The number of piperidine rings is 1. The van der Waals surface area contributed by atoms with Gasteiger partial charge in [-0.3, -0.25) is 14.4 Å². The van der Waals surface area contributed by atoms with Gasteiger partial charge in [-0.2, -0.15) is 0 Å². The van der Waals surface area contributed by atoms with Gasteiger partial charge in [0.2, 0.25) is 11.6 Å². The summed E-state index contributed by atoms with van der Waals surface area (Å²) < 4.78 is 6.87. The van der Waals surface area contributed by atoms with Crippen molar-refractivity contribution in [3.8, 4) is 0 Å². The Kier molecular flexibility index (Phi) is 6.16. The molecule has 1 fully saturated rings. The van der Waals surface area contributed by atoms with Crippen LogP contribution in [0.3, 0.4) is 0 Å². The largest absolute Gasteiger partial charge is 0.442 e. The van der Waals surface area contributed by atoms with Crippen LogP contribution in [0.15, 0.2) is 15.5 Å². The van der Waals surface area contributed by atoms with Crippen LogP contribution in [-0.2, 0) is 11.8 Å². The fourth-order valence-electron chi connectivity index (χ4n) is 3.68. The Bertz CT molecular complexity index is 922. The molecule has 2 aromatic rings. The number of hydrogen-bond acceptors (Lipinski definition) is 5. The second-order valence-corrected chi connectivity index (χ2v) is 7.44. The Morgan fingerprint density at radius 3 is 2.68 bits per heavy atom. The predicted octanol–water partition coefficient (Wildman–Crippen LogP) is 1.99. The Morgan fingerprint density at radius 1 is 1.29 bits per heavy atom. The van der Waals surface area contributed by atoms with E-state index in [1.807, 2.05) is 0 Å². The van der Waals surface area contributed by atoms with Gasteiger partial charge in [0.25, 0.3) is 11.5 Å². The molecule has 0 saturated carbocycles. The Labute approximate surface area is 163 Å². The smallest absolute Gasteiger partial charge is 0.265 e. The first kappa shape index (κ1) is 20.1. The molecule has 3 rings (SSSR count). The molecule has 0 spiro atoms. The molecule has 0 unspecified atom stereocenters. The molecule has 1 N–H and O–H groups in total. The topological polar surface area (TPSA) is 97.4 Å². The van der Waals surface area contributed by atoms with Gasteiger partial charge in [0.15, 0.2) is 0 Å². The number of carbonyl (C=O) groups is 2. The van der Waals surface area contributed by atoms with E-state index in [1.54, 1.807) is 18.9 Å². The van der Waals surface area contributed by atoms with Crippen molar-refractivity contribution in [2.75, 3.05) is 19.6 Å². The quantitative estimate of drug-likeness (QED) is 0.763. The van der Waals surface area contributed by atoms with Crippen LogP contribution in [0, 0.1) is 12.8 Å². The van der Waals surface area contributed by atoms with Gasteiger partial charge in [0.1, 0.15) is 17.5 Å². The normalized spacial score (nSPS) is 15.2. The van der Waals surface area contributed by atoms with Crippen molar-refractivity contribution in [1.82, 2.24) is 19.8 Å². The summed E-state index contributed by atoms with van der Waals surface area (Å²) in [6.07, 6.45) is 5.85. The van der Waals surface area contributed by atoms with Crippen molar-refractivity contribution >= 4 is 22.9 Å². The first-order chi connectivity index (χ1) is 13.4. The highest BCUT2D eigenvalue weighted by molar-refractivity contribution is 6.06. The summed E-state index contributed by atoms with van der Waals surface area (Å²) >= 11 is 0. The molecule has 0 aromatic carbocycles. The van der Waals surface area contributed by atoms with Crippen molar-refractivity contribution in [2.24, 2.45) is 13.0 Å². The third-order valence-electron chi connectivity index (χ3n) is 5.39. The summed E-state index contributed by atoms with van der Waals surface area (Å²) in [7, 11) is 1.59. The van der Waals surface area contributed by atoms with Crippen molar-refractivity contribution in [3.63, 3.8) is 0 Å². The molecular weight excluding hydrogens is 360 g/mol. The molecule has 2 amide bonds. The zero-order valence-electron chi connectivity index (χ0n) is 16.8. The maximum absolute atomic E-state index is 13.1. The van der Waals surface area contributed by atoms with E-state index in [4.69, 9.17) is 4.42 Å². The number of nitrogens with one attached hydrogen (secondary N) is 1. The maximum Gasteiger partial charge on any atom is 0.265 e. The molecule has 28 heavy (non-hydrogen) atoms. The standard InChI is InChI=1S/C20H28N4O4/c1-4-5-6-9-21-17(25)14-7-10-24(11-8-14)20(27)15-13(2)28-18-16(15)19(26)23(3)12-22-18/h12,14H,4-11H2,1-3H3,(H,21,25). The summed E-state index contributed by atoms with van der Waals surface area (Å²) in [5.41, 5.74) is 0.169. The van der Waals surface area contributed by atoms with Gasteiger partial charge in [-0.05, 0) is 26.2 Å². The van der Waals surface area contributed by atoms with Crippen molar-refractivity contribution in [2.45, 2.75) is 46.0 Å². The Hall–Kier alpha value is -2.64.